The molecule has 4 rings (SSSR count). The van der Waals surface area contributed by atoms with Crippen molar-refractivity contribution < 1.29 is 5.11 Å². The van der Waals surface area contributed by atoms with Crippen LogP contribution in [0.1, 0.15) is 47.4 Å². The quantitative estimate of drug-likeness (QED) is 0.785. The summed E-state index contributed by atoms with van der Waals surface area (Å²) in [5.74, 6) is 1.50. The number of aliphatic hydroxyl groups excluding tert-OH is 1. The number of hydrogen-bond donors (Lipinski definition) is 1. The number of hydrogen-bond acceptors (Lipinski definition) is 4. The van der Waals surface area contributed by atoms with Gasteiger partial charge in [0.2, 0.25) is 0 Å². The van der Waals surface area contributed by atoms with E-state index in [1.54, 1.807) is 0 Å². The first kappa shape index (κ1) is 17.2. The van der Waals surface area contributed by atoms with Gasteiger partial charge in [0.05, 0.1) is 6.10 Å². The van der Waals surface area contributed by atoms with Gasteiger partial charge in [-0.25, -0.2) is 0 Å². The maximum absolute atomic E-state index is 10.6. The van der Waals surface area contributed by atoms with Crippen LogP contribution >= 0.6 is 0 Å². The zero-order valence-electron chi connectivity index (χ0n) is 15.5. The number of benzene rings is 1. The number of pyridine rings is 1. The number of aromatic nitrogens is 3. The summed E-state index contributed by atoms with van der Waals surface area (Å²) in [5, 5.41) is 19.3. The number of piperidine rings is 1. The highest BCUT2D eigenvalue weighted by atomic mass is 16.3. The van der Waals surface area contributed by atoms with Crippen molar-refractivity contribution in [2.75, 3.05) is 19.6 Å². The van der Waals surface area contributed by atoms with Gasteiger partial charge in [0, 0.05) is 18.7 Å². The van der Waals surface area contributed by atoms with Gasteiger partial charge in [0.15, 0.2) is 5.65 Å². The Morgan fingerprint density at radius 3 is 2.54 bits per heavy atom. The third-order valence-electron chi connectivity index (χ3n) is 5.35. The Hall–Kier alpha value is -2.24. The molecule has 1 aromatic carbocycles. The number of rotatable bonds is 4. The summed E-state index contributed by atoms with van der Waals surface area (Å²) in [6.07, 6.45) is 3.71. The lowest BCUT2D eigenvalue weighted by atomic mass is 9.95. The predicted octanol–water partition coefficient (Wildman–Crippen LogP) is 3.26. The summed E-state index contributed by atoms with van der Waals surface area (Å²) >= 11 is 0. The van der Waals surface area contributed by atoms with Crippen molar-refractivity contribution in [1.29, 1.82) is 0 Å². The Kier molecular flexibility index (Phi) is 4.74. The Labute approximate surface area is 154 Å². The molecule has 1 fully saturated rings. The van der Waals surface area contributed by atoms with Crippen LogP contribution in [-0.4, -0.2) is 44.2 Å². The highest BCUT2D eigenvalue weighted by Crippen LogP contribution is 2.28. The average Bonchev–Trinajstić information content (AvgIpc) is 3.06. The molecule has 136 valence electrons. The van der Waals surface area contributed by atoms with Gasteiger partial charge >= 0.3 is 0 Å². The molecule has 0 radical (unpaired) electrons. The third-order valence-corrected chi connectivity index (χ3v) is 5.35. The topological polar surface area (TPSA) is 53.7 Å². The highest BCUT2D eigenvalue weighted by Gasteiger charge is 2.25. The lowest BCUT2D eigenvalue weighted by Gasteiger charge is -2.32. The minimum absolute atomic E-state index is 0.431. The maximum atomic E-state index is 10.6. The van der Waals surface area contributed by atoms with E-state index in [0.717, 1.165) is 43.0 Å². The molecular weight excluding hydrogens is 324 g/mol. The molecule has 5 nitrogen and oxygen atoms in total. The van der Waals surface area contributed by atoms with Crippen molar-refractivity contribution >= 4 is 5.65 Å². The van der Waals surface area contributed by atoms with E-state index < -0.39 is 6.10 Å². The van der Waals surface area contributed by atoms with Crippen LogP contribution in [0.4, 0.5) is 0 Å². The van der Waals surface area contributed by atoms with E-state index in [-0.39, 0.29) is 0 Å². The molecule has 0 saturated carbocycles. The first-order valence-electron chi connectivity index (χ1n) is 9.38. The molecule has 1 N–H and O–H groups in total. The van der Waals surface area contributed by atoms with Gasteiger partial charge in [0.25, 0.3) is 0 Å². The molecule has 0 spiro atoms. The van der Waals surface area contributed by atoms with E-state index in [1.165, 1.54) is 11.1 Å². The van der Waals surface area contributed by atoms with E-state index in [9.17, 15) is 5.11 Å². The second-order valence-electron chi connectivity index (χ2n) is 7.50. The third kappa shape index (κ3) is 3.50. The molecule has 1 atom stereocenters. The summed E-state index contributed by atoms with van der Waals surface area (Å²) in [7, 11) is 0. The second kappa shape index (κ2) is 7.17. The largest absolute Gasteiger partial charge is 0.387 e. The van der Waals surface area contributed by atoms with E-state index in [0.29, 0.717) is 12.5 Å². The molecule has 0 bridgehead atoms. The van der Waals surface area contributed by atoms with E-state index >= 15 is 0 Å². The van der Waals surface area contributed by atoms with Crippen LogP contribution in [0.5, 0.6) is 0 Å². The van der Waals surface area contributed by atoms with Gasteiger partial charge in [-0.15, -0.1) is 10.2 Å². The molecular formula is C21H26N4O. The van der Waals surface area contributed by atoms with Crippen molar-refractivity contribution in [3.05, 3.63) is 65.1 Å². The molecule has 0 aliphatic carbocycles. The van der Waals surface area contributed by atoms with Gasteiger partial charge in [-0.1, -0.05) is 35.4 Å². The first-order valence-corrected chi connectivity index (χ1v) is 9.38. The van der Waals surface area contributed by atoms with Crippen molar-refractivity contribution in [1.82, 2.24) is 19.5 Å². The minimum Gasteiger partial charge on any atom is -0.387 e. The zero-order valence-corrected chi connectivity index (χ0v) is 15.5. The van der Waals surface area contributed by atoms with Crippen molar-refractivity contribution in [3.8, 4) is 0 Å². The number of aliphatic hydroxyl groups is 1. The van der Waals surface area contributed by atoms with Crippen LogP contribution in [0.2, 0.25) is 0 Å². The van der Waals surface area contributed by atoms with Gasteiger partial charge < -0.3 is 10.0 Å². The zero-order chi connectivity index (χ0) is 18.1. The van der Waals surface area contributed by atoms with Crippen LogP contribution in [0.25, 0.3) is 5.65 Å². The smallest absolute Gasteiger partial charge is 0.160 e. The van der Waals surface area contributed by atoms with Crippen molar-refractivity contribution in [3.63, 3.8) is 0 Å². The Balaban J connectivity index is 1.39. The monoisotopic (exact) mass is 350 g/mol. The number of β-amino-alcohol motifs (C(OH)–C–C–N with tert-alkyl or cyclic N) is 1. The SMILES string of the molecule is Cc1cc(C)cc(C(O)CN2CCC(c3nnc4ccccn34)CC2)c1. The van der Waals surface area contributed by atoms with Crippen molar-refractivity contribution in [2.24, 2.45) is 0 Å². The normalized spacial score (nSPS) is 17.7. The van der Waals surface area contributed by atoms with Crippen LogP contribution in [0.15, 0.2) is 42.6 Å². The number of nitrogens with zero attached hydrogens (tertiary/aromatic N) is 4. The fourth-order valence-corrected chi connectivity index (χ4v) is 4.06. The number of fused-ring (bicyclic) bond motifs is 1. The van der Waals surface area contributed by atoms with Crippen LogP contribution in [-0.2, 0) is 0 Å². The summed E-state index contributed by atoms with van der Waals surface area (Å²) in [6, 6.07) is 12.3. The molecule has 2 aromatic heterocycles. The Bertz CT molecular complexity index is 876. The van der Waals surface area contributed by atoms with Crippen LogP contribution in [0, 0.1) is 13.8 Å². The van der Waals surface area contributed by atoms with E-state index in [2.05, 4.69) is 51.5 Å². The average molecular weight is 350 g/mol. The van der Waals surface area contributed by atoms with E-state index in [4.69, 9.17) is 0 Å². The fourth-order valence-electron chi connectivity index (χ4n) is 4.06. The summed E-state index contributed by atoms with van der Waals surface area (Å²) in [4.78, 5) is 2.36. The Morgan fingerprint density at radius 1 is 1.08 bits per heavy atom. The highest BCUT2D eigenvalue weighted by molar-refractivity contribution is 5.37. The second-order valence-corrected chi connectivity index (χ2v) is 7.50. The van der Waals surface area contributed by atoms with Gasteiger partial charge in [0.1, 0.15) is 5.82 Å². The molecule has 3 aromatic rings. The number of aryl methyl sites for hydroxylation is 2. The molecule has 3 heterocycles. The lowest BCUT2D eigenvalue weighted by molar-refractivity contribution is 0.0964. The fraction of sp³-hybridized carbons (Fsp3) is 0.429. The molecule has 0 amide bonds. The molecule has 1 saturated heterocycles. The van der Waals surface area contributed by atoms with Gasteiger partial charge in [-0.05, 0) is 57.5 Å². The first-order chi connectivity index (χ1) is 12.6. The lowest BCUT2D eigenvalue weighted by Crippen LogP contribution is -2.36. The van der Waals surface area contributed by atoms with Crippen LogP contribution < -0.4 is 0 Å². The molecule has 1 aliphatic rings. The van der Waals surface area contributed by atoms with Crippen LogP contribution in [0.3, 0.4) is 0 Å². The summed E-state index contributed by atoms with van der Waals surface area (Å²) in [5.41, 5.74) is 4.34. The summed E-state index contributed by atoms with van der Waals surface area (Å²) in [6.45, 7) is 6.81. The maximum Gasteiger partial charge on any atom is 0.160 e. The van der Waals surface area contributed by atoms with Crippen molar-refractivity contribution in [2.45, 2.75) is 38.7 Å². The standard InChI is InChI=1S/C21H26N4O/c1-15-11-16(2)13-18(12-15)19(26)14-24-9-6-17(7-10-24)21-23-22-20-5-3-4-8-25(20)21/h3-5,8,11-13,17,19,26H,6-7,9-10,14H2,1-2H3. The van der Waals surface area contributed by atoms with Gasteiger partial charge in [-0.2, -0.15) is 0 Å². The van der Waals surface area contributed by atoms with Gasteiger partial charge in [-0.3, -0.25) is 4.40 Å². The predicted molar refractivity (Wildman–Crippen MR) is 102 cm³/mol. The molecule has 1 unspecified atom stereocenters. The number of likely N-dealkylation sites (tertiary alicyclic amines) is 1. The molecule has 5 heteroatoms. The minimum atomic E-state index is -0.431. The Morgan fingerprint density at radius 2 is 1.81 bits per heavy atom. The molecule has 26 heavy (non-hydrogen) atoms. The van der Waals surface area contributed by atoms with E-state index in [1.807, 2.05) is 24.4 Å². The summed E-state index contributed by atoms with van der Waals surface area (Å²) < 4.78 is 2.10. The molecule has 1 aliphatic heterocycles.